The van der Waals surface area contributed by atoms with Crippen molar-refractivity contribution in [3.8, 4) is 0 Å². The van der Waals surface area contributed by atoms with Gasteiger partial charge in [0.05, 0.1) is 24.0 Å². The maximum atomic E-state index is 13.3. The smallest absolute Gasteiger partial charge is 0.364 e. The summed E-state index contributed by atoms with van der Waals surface area (Å²) in [6.45, 7) is 2.75. The Hall–Kier alpha value is -4.88. The average molecular weight is 613 g/mol. The van der Waals surface area contributed by atoms with Crippen LogP contribution < -0.4 is 15.1 Å². The molecule has 0 atom stereocenters. The van der Waals surface area contributed by atoms with Crippen molar-refractivity contribution in [1.29, 1.82) is 0 Å². The molecule has 14 heteroatoms. The van der Waals surface area contributed by atoms with Gasteiger partial charge in [0.2, 0.25) is 5.95 Å². The predicted octanol–water partition coefficient (Wildman–Crippen LogP) is 6.25. The van der Waals surface area contributed by atoms with Gasteiger partial charge in [0.25, 0.3) is 0 Å². The zero-order chi connectivity index (χ0) is 30.9. The van der Waals surface area contributed by atoms with E-state index in [4.69, 9.17) is 9.97 Å². The van der Waals surface area contributed by atoms with Crippen LogP contribution >= 0.6 is 0 Å². The molecule has 0 saturated carbocycles. The fraction of sp³-hybridized carbons (Fsp3) is 0.267. The third kappa shape index (κ3) is 6.38. The highest BCUT2D eigenvalue weighted by Gasteiger charge is 2.31. The number of anilines is 3. The number of alkyl halides is 6. The Balaban J connectivity index is 1.29. The van der Waals surface area contributed by atoms with Crippen molar-refractivity contribution in [2.75, 3.05) is 41.3 Å². The Labute approximate surface area is 248 Å². The Morgan fingerprint density at radius 3 is 2.11 bits per heavy atom. The first-order chi connectivity index (χ1) is 21.0. The molecule has 44 heavy (non-hydrogen) atoms. The number of halogens is 6. The van der Waals surface area contributed by atoms with Crippen molar-refractivity contribution in [2.45, 2.75) is 25.4 Å². The number of nitrogens with one attached hydrogen (secondary N) is 1. The fourth-order valence-corrected chi connectivity index (χ4v) is 5.03. The Morgan fingerprint density at radius 2 is 1.43 bits per heavy atom. The van der Waals surface area contributed by atoms with Gasteiger partial charge in [-0.2, -0.15) is 36.3 Å². The molecule has 6 rings (SSSR count). The molecule has 0 radical (unpaired) electrons. The standard InChI is InChI=1S/C30H26F6N8/c31-29(32,33)22-9-7-20(8-10-22)18-44-19-39-25-26(38-17-21-4-3-5-23(16-21)30(34,35)36)40-28(41-27(25)44)43-14-12-42(13-15-43)24-6-1-2-11-37-24/h1-11,16,19H,12-15,17-18H2,(H,38,40,41). The highest BCUT2D eigenvalue weighted by molar-refractivity contribution is 5.84. The van der Waals surface area contributed by atoms with Crippen LogP contribution in [0.1, 0.15) is 22.3 Å². The molecule has 228 valence electrons. The molecule has 1 aliphatic rings. The third-order valence-electron chi connectivity index (χ3n) is 7.34. The van der Waals surface area contributed by atoms with E-state index in [0.29, 0.717) is 60.2 Å². The van der Waals surface area contributed by atoms with E-state index >= 15 is 0 Å². The van der Waals surface area contributed by atoms with E-state index in [1.165, 1.54) is 24.5 Å². The number of hydrogen-bond donors (Lipinski definition) is 1. The zero-order valence-electron chi connectivity index (χ0n) is 23.1. The zero-order valence-corrected chi connectivity index (χ0v) is 23.1. The summed E-state index contributed by atoms with van der Waals surface area (Å²) in [6, 6.07) is 15.6. The fourth-order valence-electron chi connectivity index (χ4n) is 5.03. The van der Waals surface area contributed by atoms with Crippen LogP contribution in [0.25, 0.3) is 11.2 Å². The lowest BCUT2D eigenvalue weighted by Gasteiger charge is -2.35. The molecule has 0 bridgehead atoms. The van der Waals surface area contributed by atoms with Gasteiger partial charge in [0.1, 0.15) is 5.82 Å². The molecule has 2 aromatic carbocycles. The second kappa shape index (κ2) is 11.7. The molecule has 0 unspecified atom stereocenters. The number of rotatable bonds is 7. The van der Waals surface area contributed by atoms with Gasteiger partial charge in [0.15, 0.2) is 17.0 Å². The van der Waals surface area contributed by atoms with Crippen molar-refractivity contribution < 1.29 is 26.3 Å². The van der Waals surface area contributed by atoms with E-state index in [0.717, 1.165) is 30.1 Å². The lowest BCUT2D eigenvalue weighted by atomic mass is 10.1. The lowest BCUT2D eigenvalue weighted by Crippen LogP contribution is -2.47. The van der Waals surface area contributed by atoms with Gasteiger partial charge in [-0.25, -0.2) is 9.97 Å². The van der Waals surface area contributed by atoms with E-state index in [1.54, 1.807) is 16.8 Å². The van der Waals surface area contributed by atoms with Crippen LogP contribution in [-0.2, 0) is 25.4 Å². The average Bonchev–Trinajstić information content (AvgIpc) is 3.42. The molecule has 1 saturated heterocycles. The molecule has 0 aliphatic carbocycles. The molecule has 1 aliphatic heterocycles. The number of benzene rings is 2. The minimum Gasteiger partial charge on any atom is -0.364 e. The molecule has 0 amide bonds. The van der Waals surface area contributed by atoms with Crippen molar-refractivity contribution in [2.24, 2.45) is 0 Å². The normalized spacial score (nSPS) is 14.3. The first-order valence-corrected chi connectivity index (χ1v) is 13.7. The molecule has 0 spiro atoms. The summed E-state index contributed by atoms with van der Waals surface area (Å²) in [5, 5.41) is 3.13. The third-order valence-corrected chi connectivity index (χ3v) is 7.34. The Bertz CT molecular complexity index is 1730. The first kappa shape index (κ1) is 29.2. The molecule has 8 nitrogen and oxygen atoms in total. The molecule has 1 N–H and O–H groups in total. The maximum Gasteiger partial charge on any atom is 0.416 e. The summed E-state index contributed by atoms with van der Waals surface area (Å²) in [7, 11) is 0. The van der Waals surface area contributed by atoms with Crippen LogP contribution in [0.3, 0.4) is 0 Å². The minimum atomic E-state index is -4.47. The number of pyridine rings is 1. The molecular weight excluding hydrogens is 586 g/mol. The van der Waals surface area contributed by atoms with Gasteiger partial charge >= 0.3 is 12.4 Å². The summed E-state index contributed by atoms with van der Waals surface area (Å²) >= 11 is 0. The van der Waals surface area contributed by atoms with Crippen LogP contribution in [0.15, 0.2) is 79.3 Å². The lowest BCUT2D eigenvalue weighted by molar-refractivity contribution is -0.138. The second-order valence-corrected chi connectivity index (χ2v) is 10.3. The van der Waals surface area contributed by atoms with Gasteiger partial charge < -0.3 is 19.7 Å². The summed E-state index contributed by atoms with van der Waals surface area (Å²) in [5.74, 6) is 1.60. The summed E-state index contributed by atoms with van der Waals surface area (Å²) in [4.78, 5) is 22.5. The number of imidazole rings is 1. The van der Waals surface area contributed by atoms with Crippen LogP contribution in [0, 0.1) is 0 Å². The van der Waals surface area contributed by atoms with E-state index in [9.17, 15) is 26.3 Å². The van der Waals surface area contributed by atoms with Gasteiger partial charge in [-0.05, 0) is 47.5 Å². The SMILES string of the molecule is FC(F)(F)c1ccc(Cn2cnc3c(NCc4cccc(C(F)(F)F)c4)nc(N4CCN(c5ccccn5)CC4)nc32)cc1. The van der Waals surface area contributed by atoms with Gasteiger partial charge in [0, 0.05) is 38.9 Å². The molecule has 5 aromatic rings. The van der Waals surface area contributed by atoms with Crippen LogP contribution in [0.2, 0.25) is 0 Å². The molecule has 4 heterocycles. The minimum absolute atomic E-state index is 0.0503. The van der Waals surface area contributed by atoms with Crippen LogP contribution in [0.5, 0.6) is 0 Å². The maximum absolute atomic E-state index is 13.3. The van der Waals surface area contributed by atoms with Gasteiger partial charge in [-0.15, -0.1) is 0 Å². The van der Waals surface area contributed by atoms with E-state index in [2.05, 4.69) is 20.2 Å². The monoisotopic (exact) mass is 612 g/mol. The Kier molecular flexibility index (Phi) is 7.74. The van der Waals surface area contributed by atoms with E-state index in [1.807, 2.05) is 23.1 Å². The van der Waals surface area contributed by atoms with Crippen molar-refractivity contribution >= 4 is 28.7 Å². The molecular formula is C30H26F6N8. The van der Waals surface area contributed by atoms with Crippen LogP contribution in [0.4, 0.5) is 43.9 Å². The first-order valence-electron chi connectivity index (χ1n) is 13.7. The molecule has 1 fully saturated rings. The van der Waals surface area contributed by atoms with Crippen LogP contribution in [-0.4, -0.2) is 50.7 Å². The number of piperazine rings is 1. The van der Waals surface area contributed by atoms with E-state index < -0.39 is 23.5 Å². The second-order valence-electron chi connectivity index (χ2n) is 10.3. The Morgan fingerprint density at radius 1 is 0.705 bits per heavy atom. The largest absolute Gasteiger partial charge is 0.416 e. The number of hydrogen-bond acceptors (Lipinski definition) is 7. The van der Waals surface area contributed by atoms with Crippen molar-refractivity contribution in [3.05, 3.63) is 102 Å². The summed E-state index contributed by atoms with van der Waals surface area (Å²) < 4.78 is 80.7. The topological polar surface area (TPSA) is 75.0 Å². The number of aromatic nitrogens is 5. The highest BCUT2D eigenvalue weighted by atomic mass is 19.4. The highest BCUT2D eigenvalue weighted by Crippen LogP contribution is 2.31. The van der Waals surface area contributed by atoms with E-state index in [-0.39, 0.29) is 13.1 Å². The summed E-state index contributed by atoms with van der Waals surface area (Å²) in [6.07, 6.45) is -5.66. The van der Waals surface area contributed by atoms with Crippen molar-refractivity contribution in [3.63, 3.8) is 0 Å². The predicted molar refractivity (Wildman–Crippen MR) is 153 cm³/mol. The van der Waals surface area contributed by atoms with Crippen molar-refractivity contribution in [1.82, 2.24) is 24.5 Å². The van der Waals surface area contributed by atoms with Gasteiger partial charge in [-0.3, -0.25) is 0 Å². The molecule has 3 aromatic heterocycles. The number of nitrogens with zero attached hydrogens (tertiary/aromatic N) is 7. The number of fused-ring (bicyclic) bond motifs is 1. The summed E-state index contributed by atoms with van der Waals surface area (Å²) in [5.41, 5.74) is 0.346. The quantitative estimate of drug-likeness (QED) is 0.218. The van der Waals surface area contributed by atoms with Gasteiger partial charge in [-0.1, -0.05) is 30.3 Å².